The molecule has 0 amide bonds. The highest BCUT2D eigenvalue weighted by Gasteiger charge is 2.37. The smallest absolute Gasteiger partial charge is 0.382 e. The maximum absolute atomic E-state index is 12.1. The van der Waals surface area contributed by atoms with Gasteiger partial charge in [0.15, 0.2) is 6.10 Å². The first kappa shape index (κ1) is 14.6. The average molecular weight is 333 g/mol. The van der Waals surface area contributed by atoms with Gasteiger partial charge in [0, 0.05) is 16.0 Å². The van der Waals surface area contributed by atoms with Gasteiger partial charge in [-0.1, -0.05) is 11.6 Å². The summed E-state index contributed by atoms with van der Waals surface area (Å²) in [6.07, 6.45) is -7.04. The minimum absolute atomic E-state index is 0.406. The Kier molecular flexibility index (Phi) is 4.69. The number of anilines is 1. The van der Waals surface area contributed by atoms with Crippen molar-refractivity contribution in [1.29, 1.82) is 0 Å². The van der Waals surface area contributed by atoms with Crippen molar-refractivity contribution in [3.8, 4) is 0 Å². The van der Waals surface area contributed by atoms with E-state index in [2.05, 4.69) is 21.2 Å². The lowest BCUT2D eigenvalue weighted by Crippen LogP contribution is -2.35. The number of benzene rings is 1. The van der Waals surface area contributed by atoms with E-state index in [1.165, 1.54) is 6.07 Å². The van der Waals surface area contributed by atoms with E-state index in [1.54, 1.807) is 13.0 Å². The van der Waals surface area contributed by atoms with E-state index in [0.29, 0.717) is 15.2 Å². The lowest BCUT2D eigenvalue weighted by molar-refractivity contribution is -0.198. The Morgan fingerprint density at radius 1 is 1.47 bits per heavy atom. The summed E-state index contributed by atoms with van der Waals surface area (Å²) in [5, 5.41) is 11.8. The first-order valence-corrected chi connectivity index (χ1v) is 5.83. The molecule has 0 aromatic heterocycles. The molecule has 0 aliphatic heterocycles. The van der Waals surface area contributed by atoms with Gasteiger partial charge < -0.3 is 10.4 Å². The summed E-state index contributed by atoms with van der Waals surface area (Å²) < 4.78 is 36.8. The van der Waals surface area contributed by atoms with E-state index in [-0.39, 0.29) is 0 Å². The summed E-state index contributed by atoms with van der Waals surface area (Å²) >= 11 is 9.04. The van der Waals surface area contributed by atoms with Gasteiger partial charge >= 0.3 is 6.18 Å². The van der Waals surface area contributed by atoms with Crippen molar-refractivity contribution in [2.24, 2.45) is 0 Å². The van der Waals surface area contributed by atoms with Crippen molar-refractivity contribution in [3.63, 3.8) is 0 Å². The number of hydrogen-bond donors (Lipinski definition) is 2. The first-order valence-electron chi connectivity index (χ1n) is 4.66. The summed E-state index contributed by atoms with van der Waals surface area (Å²) in [6, 6.07) is 3.19. The van der Waals surface area contributed by atoms with E-state index in [4.69, 9.17) is 16.7 Å². The summed E-state index contributed by atoms with van der Waals surface area (Å²) in [5.74, 6) is 0. The molecule has 0 fully saturated rings. The van der Waals surface area contributed by atoms with E-state index in [9.17, 15) is 13.2 Å². The quantitative estimate of drug-likeness (QED) is 0.883. The molecule has 0 bridgehead atoms. The molecule has 2 N–H and O–H groups in total. The number of alkyl halides is 3. The van der Waals surface area contributed by atoms with Gasteiger partial charge in [0.05, 0.1) is 5.69 Å². The molecule has 0 heterocycles. The predicted molar refractivity (Wildman–Crippen MR) is 64.4 cm³/mol. The second kappa shape index (κ2) is 5.46. The molecular formula is C10H10BrClF3NO. The number of aryl methyl sites for hydroxylation is 1. The highest BCUT2D eigenvalue weighted by molar-refractivity contribution is 9.10. The van der Waals surface area contributed by atoms with Crippen LogP contribution >= 0.6 is 27.5 Å². The van der Waals surface area contributed by atoms with Crippen molar-refractivity contribution >= 4 is 33.2 Å². The van der Waals surface area contributed by atoms with Crippen LogP contribution in [0.4, 0.5) is 18.9 Å². The Morgan fingerprint density at radius 2 is 2.06 bits per heavy atom. The summed E-state index contributed by atoms with van der Waals surface area (Å²) in [6.45, 7) is 1.16. The van der Waals surface area contributed by atoms with E-state index in [0.717, 1.165) is 5.56 Å². The Balaban J connectivity index is 2.73. The highest BCUT2D eigenvalue weighted by atomic mass is 79.9. The summed E-state index contributed by atoms with van der Waals surface area (Å²) in [5.41, 5.74) is 1.21. The number of rotatable bonds is 3. The van der Waals surface area contributed by atoms with E-state index >= 15 is 0 Å². The molecule has 0 radical (unpaired) electrons. The Bertz CT molecular complexity index is 411. The molecule has 0 aliphatic carbocycles. The van der Waals surface area contributed by atoms with Crippen LogP contribution in [0.2, 0.25) is 5.02 Å². The van der Waals surface area contributed by atoms with Gasteiger partial charge in [-0.2, -0.15) is 13.2 Å². The van der Waals surface area contributed by atoms with Crippen LogP contribution in [-0.4, -0.2) is 23.9 Å². The van der Waals surface area contributed by atoms with Crippen molar-refractivity contribution in [2.75, 3.05) is 11.9 Å². The summed E-state index contributed by atoms with van der Waals surface area (Å²) in [4.78, 5) is 0. The van der Waals surface area contributed by atoms with Crippen molar-refractivity contribution in [2.45, 2.75) is 19.2 Å². The number of aliphatic hydroxyl groups excluding tert-OH is 1. The molecule has 1 rings (SSSR count). The minimum Gasteiger partial charge on any atom is -0.382 e. The SMILES string of the molecule is Cc1cc(Br)c(NCC(O)C(F)(F)F)cc1Cl. The molecular weight excluding hydrogens is 322 g/mol. The van der Waals surface area contributed by atoms with Gasteiger partial charge in [0.25, 0.3) is 0 Å². The van der Waals surface area contributed by atoms with Crippen LogP contribution in [0.25, 0.3) is 0 Å². The zero-order valence-electron chi connectivity index (χ0n) is 8.78. The molecule has 96 valence electrons. The number of aliphatic hydroxyl groups is 1. The van der Waals surface area contributed by atoms with Crippen LogP contribution in [0.3, 0.4) is 0 Å². The van der Waals surface area contributed by atoms with E-state index in [1.807, 2.05) is 0 Å². The lowest BCUT2D eigenvalue weighted by Gasteiger charge is -2.17. The van der Waals surface area contributed by atoms with Crippen LogP contribution in [0.1, 0.15) is 5.56 Å². The second-order valence-corrected chi connectivity index (χ2v) is 4.78. The van der Waals surface area contributed by atoms with Gasteiger partial charge in [-0.3, -0.25) is 0 Å². The molecule has 0 saturated heterocycles. The maximum atomic E-state index is 12.1. The number of halogens is 5. The van der Waals surface area contributed by atoms with Gasteiger partial charge in [-0.05, 0) is 40.5 Å². The molecule has 2 nitrogen and oxygen atoms in total. The summed E-state index contributed by atoms with van der Waals surface area (Å²) in [7, 11) is 0. The van der Waals surface area contributed by atoms with Gasteiger partial charge in [0.2, 0.25) is 0 Å². The lowest BCUT2D eigenvalue weighted by atomic mass is 10.2. The monoisotopic (exact) mass is 331 g/mol. The molecule has 0 saturated carbocycles. The number of hydrogen-bond acceptors (Lipinski definition) is 2. The van der Waals surface area contributed by atoms with Crippen LogP contribution in [0.5, 0.6) is 0 Å². The minimum atomic E-state index is -4.63. The third kappa shape index (κ3) is 4.04. The van der Waals surface area contributed by atoms with Crippen LogP contribution in [-0.2, 0) is 0 Å². The Labute approximate surface area is 110 Å². The van der Waals surface area contributed by atoms with Crippen molar-refractivity contribution < 1.29 is 18.3 Å². The molecule has 0 aliphatic rings. The topological polar surface area (TPSA) is 32.3 Å². The van der Waals surface area contributed by atoms with Gasteiger partial charge in [-0.15, -0.1) is 0 Å². The first-order chi connectivity index (χ1) is 7.71. The fourth-order valence-electron chi connectivity index (χ4n) is 1.10. The van der Waals surface area contributed by atoms with Crippen molar-refractivity contribution in [3.05, 3.63) is 27.2 Å². The normalized spacial score (nSPS) is 13.6. The molecule has 7 heteroatoms. The third-order valence-corrected chi connectivity index (χ3v) is 3.18. The molecule has 1 aromatic carbocycles. The van der Waals surface area contributed by atoms with Gasteiger partial charge in [-0.25, -0.2) is 0 Å². The van der Waals surface area contributed by atoms with Crippen LogP contribution in [0.15, 0.2) is 16.6 Å². The molecule has 1 unspecified atom stereocenters. The average Bonchev–Trinajstić information content (AvgIpc) is 2.19. The maximum Gasteiger partial charge on any atom is 0.416 e. The third-order valence-electron chi connectivity index (χ3n) is 2.11. The predicted octanol–water partition coefficient (Wildman–Crippen LogP) is 3.75. The molecule has 1 atom stereocenters. The van der Waals surface area contributed by atoms with Crippen molar-refractivity contribution in [1.82, 2.24) is 0 Å². The Hall–Kier alpha value is -0.460. The molecule has 1 aromatic rings. The standard InChI is InChI=1S/C10H10BrClF3NO/c1-5-2-6(11)8(3-7(5)12)16-4-9(17)10(13,14)15/h2-3,9,16-17H,4H2,1H3. The molecule has 17 heavy (non-hydrogen) atoms. The Morgan fingerprint density at radius 3 is 2.59 bits per heavy atom. The second-order valence-electron chi connectivity index (χ2n) is 3.52. The van der Waals surface area contributed by atoms with E-state index < -0.39 is 18.8 Å². The fourth-order valence-corrected chi connectivity index (χ4v) is 1.87. The molecule has 0 spiro atoms. The van der Waals surface area contributed by atoms with Gasteiger partial charge in [0.1, 0.15) is 0 Å². The largest absolute Gasteiger partial charge is 0.416 e. The number of nitrogens with one attached hydrogen (secondary N) is 1. The zero-order chi connectivity index (χ0) is 13.2. The highest BCUT2D eigenvalue weighted by Crippen LogP contribution is 2.29. The zero-order valence-corrected chi connectivity index (χ0v) is 11.1. The fraction of sp³-hybridized carbons (Fsp3) is 0.400. The van der Waals surface area contributed by atoms with Crippen LogP contribution < -0.4 is 5.32 Å². The van der Waals surface area contributed by atoms with Crippen LogP contribution in [0, 0.1) is 6.92 Å².